The summed E-state index contributed by atoms with van der Waals surface area (Å²) in [6, 6.07) is 3.41. The Bertz CT molecular complexity index is 357. The summed E-state index contributed by atoms with van der Waals surface area (Å²) < 4.78 is 15.8. The van der Waals surface area contributed by atoms with Crippen LogP contribution in [-0.2, 0) is 10.8 Å². The van der Waals surface area contributed by atoms with Crippen molar-refractivity contribution in [3.05, 3.63) is 12.1 Å². The molecule has 0 aliphatic rings. The lowest BCUT2D eigenvalue weighted by atomic mass is 10.4. The molecule has 0 aliphatic heterocycles. The molecular formula is C9H15N3O2S. The zero-order valence-corrected chi connectivity index (χ0v) is 9.63. The molecule has 15 heavy (non-hydrogen) atoms. The fraction of sp³-hybridized carbons (Fsp3) is 0.444. The van der Waals surface area contributed by atoms with Crippen LogP contribution < -0.4 is 15.8 Å². The first kappa shape index (κ1) is 11.8. The number of methoxy groups -OCH3 is 1. The first-order valence-corrected chi connectivity index (χ1v) is 6.20. The van der Waals surface area contributed by atoms with E-state index in [9.17, 15) is 4.21 Å². The number of nitrogens with zero attached hydrogens (tertiary/aromatic N) is 1. The van der Waals surface area contributed by atoms with Crippen LogP contribution in [0.25, 0.3) is 0 Å². The zero-order chi connectivity index (χ0) is 11.3. The molecule has 3 N–H and O–H groups in total. The minimum Gasteiger partial charge on any atom is -0.481 e. The van der Waals surface area contributed by atoms with E-state index < -0.39 is 10.8 Å². The van der Waals surface area contributed by atoms with Crippen LogP contribution in [0, 0.1) is 0 Å². The fourth-order valence-corrected chi connectivity index (χ4v) is 1.41. The lowest BCUT2D eigenvalue weighted by molar-refractivity contribution is 0.398. The van der Waals surface area contributed by atoms with E-state index in [0.717, 1.165) is 0 Å². The van der Waals surface area contributed by atoms with Gasteiger partial charge in [-0.15, -0.1) is 0 Å². The lowest BCUT2D eigenvalue weighted by Crippen LogP contribution is -2.12. The molecular weight excluding hydrogens is 214 g/mol. The van der Waals surface area contributed by atoms with Crippen molar-refractivity contribution >= 4 is 22.3 Å². The molecule has 84 valence electrons. The van der Waals surface area contributed by atoms with Crippen LogP contribution in [0.5, 0.6) is 5.88 Å². The molecule has 1 atom stereocenters. The van der Waals surface area contributed by atoms with E-state index in [2.05, 4.69) is 10.3 Å². The molecule has 6 heteroatoms. The Labute approximate surface area is 91.5 Å². The van der Waals surface area contributed by atoms with Crippen molar-refractivity contribution in [3.63, 3.8) is 0 Å². The van der Waals surface area contributed by atoms with E-state index in [-0.39, 0.29) is 0 Å². The summed E-state index contributed by atoms with van der Waals surface area (Å²) in [6.45, 7) is 0.577. The van der Waals surface area contributed by atoms with Crippen molar-refractivity contribution in [2.24, 2.45) is 0 Å². The molecule has 5 nitrogen and oxygen atoms in total. The summed E-state index contributed by atoms with van der Waals surface area (Å²) in [5.74, 6) is 1.64. The number of aromatic nitrogens is 1. The van der Waals surface area contributed by atoms with Crippen LogP contribution in [-0.4, -0.2) is 34.9 Å². The molecule has 1 heterocycles. The Morgan fingerprint density at radius 1 is 1.60 bits per heavy atom. The molecule has 0 amide bonds. The van der Waals surface area contributed by atoms with E-state index in [1.165, 1.54) is 0 Å². The third-order valence-corrected chi connectivity index (χ3v) is 2.57. The van der Waals surface area contributed by atoms with E-state index in [4.69, 9.17) is 10.5 Å². The highest BCUT2D eigenvalue weighted by molar-refractivity contribution is 7.84. The molecule has 1 aromatic rings. The van der Waals surface area contributed by atoms with Crippen molar-refractivity contribution in [2.75, 3.05) is 36.7 Å². The standard InChI is InChI=1S/C9H15N3O2S/c1-14-8-4-3-7(10)9(12-8)11-5-6-15(2)13/h3-4H,5-6,10H2,1-2H3,(H,11,12). The zero-order valence-electron chi connectivity index (χ0n) is 8.82. The number of anilines is 2. The number of rotatable bonds is 5. The van der Waals surface area contributed by atoms with Gasteiger partial charge in [-0.3, -0.25) is 4.21 Å². The van der Waals surface area contributed by atoms with Crippen molar-refractivity contribution in [2.45, 2.75) is 0 Å². The van der Waals surface area contributed by atoms with Crippen LogP contribution in [0.1, 0.15) is 0 Å². The Morgan fingerprint density at radius 2 is 2.33 bits per heavy atom. The van der Waals surface area contributed by atoms with Crippen molar-refractivity contribution < 1.29 is 8.95 Å². The summed E-state index contributed by atoms with van der Waals surface area (Å²) in [5, 5.41) is 3.01. The van der Waals surface area contributed by atoms with E-state index in [1.54, 1.807) is 25.5 Å². The van der Waals surface area contributed by atoms with Gasteiger partial charge in [0.05, 0.1) is 12.8 Å². The van der Waals surface area contributed by atoms with Crippen molar-refractivity contribution in [1.82, 2.24) is 4.98 Å². The Balaban J connectivity index is 2.62. The average molecular weight is 229 g/mol. The molecule has 0 aromatic carbocycles. The molecule has 1 rings (SSSR count). The molecule has 0 saturated heterocycles. The average Bonchev–Trinajstić information content (AvgIpc) is 2.20. The maximum absolute atomic E-state index is 10.8. The highest BCUT2D eigenvalue weighted by Crippen LogP contribution is 2.18. The van der Waals surface area contributed by atoms with Crippen LogP contribution in [0.4, 0.5) is 11.5 Å². The van der Waals surface area contributed by atoms with Crippen LogP contribution >= 0.6 is 0 Å². The minimum atomic E-state index is -0.815. The first-order chi connectivity index (χ1) is 7.13. The number of pyridine rings is 1. The largest absolute Gasteiger partial charge is 0.481 e. The van der Waals surface area contributed by atoms with Gasteiger partial charge in [-0.1, -0.05) is 0 Å². The second-order valence-corrected chi connectivity index (χ2v) is 4.55. The monoisotopic (exact) mass is 229 g/mol. The van der Waals surface area contributed by atoms with Gasteiger partial charge in [-0.2, -0.15) is 4.98 Å². The summed E-state index contributed by atoms with van der Waals surface area (Å²) in [4.78, 5) is 4.13. The SMILES string of the molecule is COc1ccc(N)c(NCCS(C)=O)n1. The summed E-state index contributed by atoms with van der Waals surface area (Å²) in [5.41, 5.74) is 6.26. The van der Waals surface area contributed by atoms with Crippen molar-refractivity contribution in [1.29, 1.82) is 0 Å². The second kappa shape index (κ2) is 5.55. The first-order valence-electron chi connectivity index (χ1n) is 4.48. The number of ether oxygens (including phenoxy) is 1. The van der Waals surface area contributed by atoms with E-state index >= 15 is 0 Å². The molecule has 0 bridgehead atoms. The Morgan fingerprint density at radius 3 is 2.93 bits per heavy atom. The van der Waals surface area contributed by atoms with E-state index in [1.807, 2.05) is 0 Å². The number of nitrogen functional groups attached to an aromatic ring is 1. The van der Waals surface area contributed by atoms with Crippen LogP contribution in [0.3, 0.4) is 0 Å². The molecule has 0 radical (unpaired) electrons. The molecule has 1 unspecified atom stereocenters. The predicted octanol–water partition coefficient (Wildman–Crippen LogP) is 0.463. The Hall–Kier alpha value is -1.30. The highest BCUT2D eigenvalue weighted by Gasteiger charge is 2.02. The quantitative estimate of drug-likeness (QED) is 0.767. The normalized spacial score (nSPS) is 12.1. The molecule has 0 fully saturated rings. The van der Waals surface area contributed by atoms with Gasteiger partial charge in [0.1, 0.15) is 0 Å². The van der Waals surface area contributed by atoms with Crippen LogP contribution in [0.15, 0.2) is 12.1 Å². The molecule has 0 spiro atoms. The topological polar surface area (TPSA) is 77.2 Å². The van der Waals surface area contributed by atoms with E-state index in [0.29, 0.717) is 29.7 Å². The van der Waals surface area contributed by atoms with Gasteiger partial charge in [-0.25, -0.2) is 0 Å². The number of nitrogens with two attached hydrogens (primary N) is 1. The Kier molecular flexibility index (Phi) is 4.36. The lowest BCUT2D eigenvalue weighted by Gasteiger charge is -2.08. The van der Waals surface area contributed by atoms with Crippen molar-refractivity contribution in [3.8, 4) is 5.88 Å². The van der Waals surface area contributed by atoms with Gasteiger partial charge in [0.2, 0.25) is 5.88 Å². The van der Waals surface area contributed by atoms with Gasteiger partial charge < -0.3 is 15.8 Å². The fourth-order valence-electron chi connectivity index (χ4n) is 1.02. The van der Waals surface area contributed by atoms with Gasteiger partial charge in [0, 0.05) is 35.4 Å². The molecule has 1 aromatic heterocycles. The summed E-state index contributed by atoms with van der Waals surface area (Å²) >= 11 is 0. The molecule has 0 aliphatic carbocycles. The highest BCUT2D eigenvalue weighted by atomic mass is 32.2. The summed E-state index contributed by atoms with van der Waals surface area (Å²) in [6.07, 6.45) is 1.66. The third-order valence-electron chi connectivity index (χ3n) is 1.79. The number of hydrogen-bond donors (Lipinski definition) is 2. The third kappa shape index (κ3) is 3.75. The molecule has 0 saturated carbocycles. The van der Waals surface area contributed by atoms with Gasteiger partial charge in [-0.05, 0) is 6.07 Å². The van der Waals surface area contributed by atoms with Gasteiger partial charge in [0.15, 0.2) is 5.82 Å². The second-order valence-electron chi connectivity index (χ2n) is 3.00. The number of nitrogens with one attached hydrogen (secondary N) is 1. The van der Waals surface area contributed by atoms with Crippen LogP contribution in [0.2, 0.25) is 0 Å². The maximum Gasteiger partial charge on any atom is 0.215 e. The van der Waals surface area contributed by atoms with Gasteiger partial charge >= 0.3 is 0 Å². The summed E-state index contributed by atoms with van der Waals surface area (Å²) in [7, 11) is 0.730. The maximum atomic E-state index is 10.8. The minimum absolute atomic E-state index is 0.504. The smallest absolute Gasteiger partial charge is 0.215 e. The predicted molar refractivity (Wildman–Crippen MR) is 62.6 cm³/mol. The number of hydrogen-bond acceptors (Lipinski definition) is 5. The van der Waals surface area contributed by atoms with Gasteiger partial charge in [0.25, 0.3) is 0 Å².